The van der Waals surface area contributed by atoms with Gasteiger partial charge in [0.1, 0.15) is 12.3 Å². The summed E-state index contributed by atoms with van der Waals surface area (Å²) >= 11 is 0. The summed E-state index contributed by atoms with van der Waals surface area (Å²) in [7, 11) is 0. The van der Waals surface area contributed by atoms with E-state index in [2.05, 4.69) is 5.32 Å². The van der Waals surface area contributed by atoms with Gasteiger partial charge in [0.25, 0.3) is 0 Å². The molecule has 0 aromatic heterocycles. The van der Waals surface area contributed by atoms with Crippen molar-refractivity contribution >= 4 is 5.97 Å². The van der Waals surface area contributed by atoms with Gasteiger partial charge in [0.2, 0.25) is 0 Å². The Labute approximate surface area is 75.9 Å². The highest BCUT2D eigenvalue weighted by Gasteiger charge is 2.38. The van der Waals surface area contributed by atoms with E-state index in [1.54, 1.807) is 0 Å². The highest BCUT2D eigenvalue weighted by Crippen LogP contribution is 2.13. The van der Waals surface area contributed by atoms with Crippen molar-refractivity contribution in [1.82, 2.24) is 5.32 Å². The second kappa shape index (κ2) is 5.08. The van der Waals surface area contributed by atoms with E-state index in [-0.39, 0.29) is 13.1 Å². The Morgan fingerprint density at radius 1 is 1.21 bits per heavy atom. The predicted molar refractivity (Wildman–Crippen MR) is 36.4 cm³/mol. The first-order chi connectivity index (χ1) is 6.25. The zero-order valence-corrected chi connectivity index (χ0v) is 6.81. The Kier molecular flexibility index (Phi) is 4.75. The first kappa shape index (κ1) is 13.1. The largest absolute Gasteiger partial charge is 0.490 e. The van der Waals surface area contributed by atoms with Crippen molar-refractivity contribution in [1.29, 1.82) is 0 Å². The molecule has 0 radical (unpaired) electrons. The fourth-order valence-corrected chi connectivity index (χ4v) is 0.615. The molecule has 8 heteroatoms. The molecule has 0 amide bonds. The van der Waals surface area contributed by atoms with E-state index in [1.807, 2.05) is 0 Å². The summed E-state index contributed by atoms with van der Waals surface area (Å²) in [6, 6.07) is 0. The van der Waals surface area contributed by atoms with Crippen molar-refractivity contribution in [3.05, 3.63) is 0 Å². The third kappa shape index (κ3) is 4.95. The molecule has 1 aliphatic rings. The third-order valence-corrected chi connectivity index (χ3v) is 1.31. The SMILES string of the molecule is FC1CNCC1F.O=C(O)C(F)(F)F. The van der Waals surface area contributed by atoms with Gasteiger partial charge in [-0.3, -0.25) is 0 Å². The van der Waals surface area contributed by atoms with Gasteiger partial charge in [0, 0.05) is 13.1 Å². The molecule has 1 aliphatic heterocycles. The molecule has 2 unspecified atom stereocenters. The molecule has 14 heavy (non-hydrogen) atoms. The molecule has 1 fully saturated rings. The summed E-state index contributed by atoms with van der Waals surface area (Å²) in [4.78, 5) is 8.90. The summed E-state index contributed by atoms with van der Waals surface area (Å²) < 4.78 is 55.5. The lowest BCUT2D eigenvalue weighted by atomic mass is 10.3. The van der Waals surface area contributed by atoms with Gasteiger partial charge in [-0.2, -0.15) is 13.2 Å². The van der Waals surface area contributed by atoms with Crippen LogP contribution < -0.4 is 5.32 Å². The average molecular weight is 221 g/mol. The van der Waals surface area contributed by atoms with E-state index in [0.717, 1.165) is 0 Å². The maximum atomic E-state index is 11.9. The molecule has 0 spiro atoms. The number of alkyl halides is 5. The predicted octanol–water partition coefficient (Wildman–Crippen LogP) is 0.899. The highest BCUT2D eigenvalue weighted by molar-refractivity contribution is 5.73. The number of hydrogen-bond donors (Lipinski definition) is 2. The molecule has 2 N–H and O–H groups in total. The number of carboxylic acid groups (broad SMARTS) is 1. The lowest BCUT2D eigenvalue weighted by Crippen LogP contribution is -2.21. The second-order valence-electron chi connectivity index (χ2n) is 2.49. The van der Waals surface area contributed by atoms with Crippen LogP contribution in [0.5, 0.6) is 0 Å². The van der Waals surface area contributed by atoms with E-state index in [1.165, 1.54) is 0 Å². The van der Waals surface area contributed by atoms with Crippen LogP contribution in [0.4, 0.5) is 22.0 Å². The summed E-state index contributed by atoms with van der Waals surface area (Å²) in [5.41, 5.74) is 0. The van der Waals surface area contributed by atoms with Gasteiger partial charge in [0.15, 0.2) is 0 Å². The number of carbonyl (C=O) groups is 1. The third-order valence-electron chi connectivity index (χ3n) is 1.31. The van der Waals surface area contributed by atoms with Crippen molar-refractivity contribution in [3.8, 4) is 0 Å². The quantitative estimate of drug-likeness (QED) is 0.597. The molecule has 3 nitrogen and oxygen atoms in total. The topological polar surface area (TPSA) is 49.3 Å². The Bertz CT molecular complexity index is 187. The smallest absolute Gasteiger partial charge is 0.475 e. The lowest BCUT2D eigenvalue weighted by Gasteiger charge is -1.95. The highest BCUT2D eigenvalue weighted by atomic mass is 19.4. The van der Waals surface area contributed by atoms with E-state index in [0.29, 0.717) is 0 Å². The second-order valence-corrected chi connectivity index (χ2v) is 2.49. The van der Waals surface area contributed by atoms with Crippen molar-refractivity contribution < 1.29 is 31.9 Å². The van der Waals surface area contributed by atoms with Crippen LogP contribution in [0, 0.1) is 0 Å². The number of carboxylic acids is 1. The molecular weight excluding hydrogens is 213 g/mol. The molecule has 1 saturated heterocycles. The minimum Gasteiger partial charge on any atom is -0.475 e. The van der Waals surface area contributed by atoms with E-state index >= 15 is 0 Å². The molecule has 2 atom stereocenters. The number of rotatable bonds is 0. The number of aliphatic carboxylic acids is 1. The Hall–Kier alpha value is -0.920. The first-order valence-electron chi connectivity index (χ1n) is 3.54. The van der Waals surface area contributed by atoms with Gasteiger partial charge in [-0.05, 0) is 0 Å². The molecule has 0 aromatic carbocycles. The summed E-state index contributed by atoms with van der Waals surface area (Å²) in [6.07, 6.45) is -7.61. The monoisotopic (exact) mass is 221 g/mol. The summed E-state index contributed by atoms with van der Waals surface area (Å²) in [5.74, 6) is -2.76. The van der Waals surface area contributed by atoms with Crippen LogP contribution in [0.25, 0.3) is 0 Å². The van der Waals surface area contributed by atoms with Crippen LogP contribution in [0.1, 0.15) is 0 Å². The van der Waals surface area contributed by atoms with E-state index in [9.17, 15) is 22.0 Å². The van der Waals surface area contributed by atoms with Crippen LogP contribution >= 0.6 is 0 Å². The molecule has 0 saturated carbocycles. The maximum absolute atomic E-state index is 11.9. The van der Waals surface area contributed by atoms with Crippen molar-refractivity contribution in [3.63, 3.8) is 0 Å². The normalized spacial score (nSPS) is 26.6. The van der Waals surface area contributed by atoms with Crippen LogP contribution in [-0.2, 0) is 4.79 Å². The first-order valence-corrected chi connectivity index (χ1v) is 3.54. The molecule has 0 aromatic rings. The molecular formula is C6H8F5NO2. The van der Waals surface area contributed by atoms with Gasteiger partial charge in [-0.25, -0.2) is 13.6 Å². The van der Waals surface area contributed by atoms with Gasteiger partial charge < -0.3 is 10.4 Å². The van der Waals surface area contributed by atoms with Gasteiger partial charge in [-0.15, -0.1) is 0 Å². The van der Waals surface area contributed by atoms with E-state index < -0.39 is 24.5 Å². The zero-order valence-electron chi connectivity index (χ0n) is 6.81. The van der Waals surface area contributed by atoms with Crippen LogP contribution in [0.2, 0.25) is 0 Å². The molecule has 1 heterocycles. The fraction of sp³-hybridized carbons (Fsp3) is 0.833. The maximum Gasteiger partial charge on any atom is 0.490 e. The lowest BCUT2D eigenvalue weighted by molar-refractivity contribution is -0.192. The molecule has 0 aliphatic carbocycles. The number of hydrogen-bond acceptors (Lipinski definition) is 2. The van der Waals surface area contributed by atoms with Crippen molar-refractivity contribution in [2.24, 2.45) is 0 Å². The average Bonchev–Trinajstić information content (AvgIpc) is 2.35. The van der Waals surface area contributed by atoms with Gasteiger partial charge in [-0.1, -0.05) is 0 Å². The minimum atomic E-state index is -5.08. The Morgan fingerprint density at radius 2 is 1.50 bits per heavy atom. The van der Waals surface area contributed by atoms with Gasteiger partial charge in [0.05, 0.1) is 0 Å². The Morgan fingerprint density at radius 3 is 1.57 bits per heavy atom. The van der Waals surface area contributed by atoms with Gasteiger partial charge >= 0.3 is 12.1 Å². The minimum absolute atomic E-state index is 0.182. The van der Waals surface area contributed by atoms with E-state index in [4.69, 9.17) is 9.90 Å². The van der Waals surface area contributed by atoms with Crippen molar-refractivity contribution in [2.75, 3.05) is 13.1 Å². The molecule has 1 rings (SSSR count). The van der Waals surface area contributed by atoms with Crippen LogP contribution in [-0.4, -0.2) is 42.7 Å². The van der Waals surface area contributed by atoms with Crippen molar-refractivity contribution in [2.45, 2.75) is 18.5 Å². The summed E-state index contributed by atoms with van der Waals surface area (Å²) in [6.45, 7) is 0.363. The Balaban J connectivity index is 0.000000241. The fourth-order valence-electron chi connectivity index (χ4n) is 0.615. The van der Waals surface area contributed by atoms with Crippen LogP contribution in [0.3, 0.4) is 0 Å². The molecule has 84 valence electrons. The standard InChI is InChI=1S/C4H7F2N.C2HF3O2/c5-3-1-7-2-4(3)6;3-2(4,5)1(6)7/h3-4,7H,1-2H2;(H,6,7). The summed E-state index contributed by atoms with van der Waals surface area (Å²) in [5, 5.41) is 9.70. The molecule has 0 bridgehead atoms. The number of halogens is 5. The van der Waals surface area contributed by atoms with Crippen LogP contribution in [0.15, 0.2) is 0 Å². The number of nitrogens with one attached hydrogen (secondary N) is 1. The zero-order chi connectivity index (χ0) is 11.4.